The Labute approximate surface area is 114 Å². The van der Waals surface area contributed by atoms with Crippen molar-refractivity contribution in [3.8, 4) is 0 Å². The quantitative estimate of drug-likeness (QED) is 0.769. The zero-order chi connectivity index (χ0) is 14.0. The van der Waals surface area contributed by atoms with E-state index < -0.39 is 10.0 Å². The predicted molar refractivity (Wildman–Crippen MR) is 73.0 cm³/mol. The summed E-state index contributed by atoms with van der Waals surface area (Å²) in [6, 6.07) is 0.0127. The number of hydrogen-bond acceptors (Lipinski definition) is 4. The zero-order valence-corrected chi connectivity index (χ0v) is 12.3. The van der Waals surface area contributed by atoms with Crippen molar-refractivity contribution >= 4 is 10.0 Å². The third-order valence-corrected chi connectivity index (χ3v) is 5.53. The fourth-order valence-corrected chi connectivity index (χ4v) is 4.47. The Morgan fingerprint density at radius 3 is 2.74 bits per heavy atom. The first-order chi connectivity index (χ1) is 8.95. The zero-order valence-electron chi connectivity index (χ0n) is 11.4. The highest BCUT2D eigenvalue weighted by Crippen LogP contribution is 2.26. The van der Waals surface area contributed by atoms with E-state index in [-0.39, 0.29) is 17.5 Å². The fourth-order valence-electron chi connectivity index (χ4n) is 2.71. The molecular formula is C12H22N4O2S. The molecule has 0 aliphatic heterocycles. The van der Waals surface area contributed by atoms with E-state index in [1.807, 2.05) is 0 Å². The molecule has 1 aliphatic rings. The molecule has 0 spiro atoms. The van der Waals surface area contributed by atoms with Crippen LogP contribution in [0, 0.1) is 12.8 Å². The molecule has 0 amide bonds. The van der Waals surface area contributed by atoms with Crippen LogP contribution in [-0.2, 0) is 16.6 Å². The first-order valence-electron chi connectivity index (χ1n) is 6.72. The highest BCUT2D eigenvalue weighted by molar-refractivity contribution is 7.89. The fraction of sp³-hybridized carbons (Fsp3) is 0.750. The average molecular weight is 286 g/mol. The van der Waals surface area contributed by atoms with Gasteiger partial charge in [-0.25, -0.2) is 13.1 Å². The Hall–Kier alpha value is -0.920. The molecule has 1 aromatic heterocycles. The number of rotatable bonds is 4. The first-order valence-corrected chi connectivity index (χ1v) is 8.20. The van der Waals surface area contributed by atoms with Crippen molar-refractivity contribution < 1.29 is 8.42 Å². The van der Waals surface area contributed by atoms with Gasteiger partial charge in [0, 0.05) is 12.6 Å². The van der Waals surface area contributed by atoms with Gasteiger partial charge >= 0.3 is 0 Å². The van der Waals surface area contributed by atoms with Crippen LogP contribution in [0.3, 0.4) is 0 Å². The van der Waals surface area contributed by atoms with Gasteiger partial charge in [0.25, 0.3) is 0 Å². The van der Waals surface area contributed by atoms with Gasteiger partial charge in [-0.05, 0) is 25.7 Å². The van der Waals surface area contributed by atoms with Gasteiger partial charge in [0.1, 0.15) is 4.90 Å². The predicted octanol–water partition coefficient (Wildman–Crippen LogP) is 1.03. The molecule has 19 heavy (non-hydrogen) atoms. The Bertz CT molecular complexity index is 538. The maximum absolute atomic E-state index is 12.5. The van der Waals surface area contributed by atoms with Crippen molar-refractivity contribution in [1.82, 2.24) is 14.9 Å². The minimum Gasteiger partial charge on any atom is -0.325 e. The van der Waals surface area contributed by atoms with Crippen LogP contribution in [0.4, 0.5) is 0 Å². The first kappa shape index (κ1) is 14.5. The van der Waals surface area contributed by atoms with Gasteiger partial charge < -0.3 is 5.73 Å². The maximum Gasteiger partial charge on any atom is 0.244 e. The molecule has 1 aliphatic carbocycles. The van der Waals surface area contributed by atoms with Crippen LogP contribution in [-0.4, -0.2) is 24.7 Å². The van der Waals surface area contributed by atoms with E-state index in [4.69, 9.17) is 5.73 Å². The summed E-state index contributed by atoms with van der Waals surface area (Å²) in [5.41, 5.74) is 6.48. The molecule has 2 atom stereocenters. The van der Waals surface area contributed by atoms with E-state index in [9.17, 15) is 8.42 Å². The van der Waals surface area contributed by atoms with Crippen LogP contribution < -0.4 is 10.5 Å². The lowest BCUT2D eigenvalue weighted by molar-refractivity contribution is 0.310. The van der Waals surface area contributed by atoms with Gasteiger partial charge in [-0.1, -0.05) is 19.8 Å². The van der Waals surface area contributed by atoms with Crippen LogP contribution >= 0.6 is 0 Å². The summed E-state index contributed by atoms with van der Waals surface area (Å²) < 4.78 is 27.8. The molecule has 1 heterocycles. The highest BCUT2D eigenvalue weighted by Gasteiger charge is 2.30. The Morgan fingerprint density at radius 2 is 2.11 bits per heavy atom. The summed E-state index contributed by atoms with van der Waals surface area (Å²) in [6.07, 6.45) is 4.22. The van der Waals surface area contributed by atoms with Crippen LogP contribution in [0.25, 0.3) is 0 Å². The van der Waals surface area contributed by atoms with Gasteiger partial charge in [-0.2, -0.15) is 5.10 Å². The number of aryl methyl sites for hydroxylation is 1. The third kappa shape index (κ3) is 2.98. The molecule has 0 radical (unpaired) electrons. The van der Waals surface area contributed by atoms with E-state index in [1.165, 1.54) is 6.42 Å². The summed E-state index contributed by atoms with van der Waals surface area (Å²) >= 11 is 0. The lowest BCUT2D eigenvalue weighted by Gasteiger charge is -2.29. The van der Waals surface area contributed by atoms with Gasteiger partial charge in [0.15, 0.2) is 0 Å². The summed E-state index contributed by atoms with van der Waals surface area (Å²) in [6.45, 7) is 3.91. The molecule has 1 fully saturated rings. The SMILES string of the molecule is Cc1[nH]nc(CN)c1S(=O)(=O)NC1CCCCC1C. The summed E-state index contributed by atoms with van der Waals surface area (Å²) in [5, 5.41) is 6.64. The van der Waals surface area contributed by atoms with Crippen LogP contribution in [0.15, 0.2) is 4.90 Å². The Morgan fingerprint density at radius 1 is 1.42 bits per heavy atom. The largest absolute Gasteiger partial charge is 0.325 e. The topological polar surface area (TPSA) is 101 Å². The lowest BCUT2D eigenvalue weighted by Crippen LogP contribution is -2.41. The molecule has 2 rings (SSSR count). The summed E-state index contributed by atoms with van der Waals surface area (Å²) in [7, 11) is -3.55. The van der Waals surface area contributed by atoms with Crippen molar-refractivity contribution in [1.29, 1.82) is 0 Å². The second kappa shape index (κ2) is 5.60. The third-order valence-electron chi connectivity index (χ3n) is 3.84. The standard InChI is InChI=1S/C12H22N4O2S/c1-8-5-3-4-6-10(8)16-19(17,18)12-9(2)14-15-11(12)7-13/h8,10,16H,3-7,13H2,1-2H3,(H,14,15). The molecule has 2 unspecified atom stereocenters. The molecule has 6 nitrogen and oxygen atoms in total. The highest BCUT2D eigenvalue weighted by atomic mass is 32.2. The van der Waals surface area contributed by atoms with Crippen molar-refractivity contribution in [3.63, 3.8) is 0 Å². The van der Waals surface area contributed by atoms with Gasteiger partial charge in [0.05, 0.1) is 11.4 Å². The number of nitrogens with one attached hydrogen (secondary N) is 2. The van der Waals surface area contributed by atoms with E-state index in [0.717, 1.165) is 19.3 Å². The molecule has 7 heteroatoms. The number of nitrogens with two attached hydrogens (primary N) is 1. The van der Waals surface area contributed by atoms with Gasteiger partial charge in [-0.15, -0.1) is 0 Å². The smallest absolute Gasteiger partial charge is 0.244 e. The molecule has 108 valence electrons. The van der Waals surface area contributed by atoms with Crippen molar-refractivity contribution in [3.05, 3.63) is 11.4 Å². The van der Waals surface area contributed by atoms with Gasteiger partial charge in [0.2, 0.25) is 10.0 Å². The number of H-pyrrole nitrogens is 1. The second-order valence-electron chi connectivity index (χ2n) is 5.32. The number of sulfonamides is 1. The number of nitrogens with zero attached hydrogens (tertiary/aromatic N) is 1. The Balaban J connectivity index is 2.24. The van der Waals surface area contributed by atoms with E-state index in [1.54, 1.807) is 6.92 Å². The molecule has 0 bridgehead atoms. The van der Waals surface area contributed by atoms with E-state index in [0.29, 0.717) is 17.3 Å². The average Bonchev–Trinajstić information content (AvgIpc) is 2.74. The van der Waals surface area contributed by atoms with Crippen LogP contribution in [0.2, 0.25) is 0 Å². The Kier molecular flexibility index (Phi) is 4.27. The number of aromatic nitrogens is 2. The van der Waals surface area contributed by atoms with Crippen molar-refractivity contribution in [2.24, 2.45) is 11.7 Å². The molecule has 1 aromatic rings. The maximum atomic E-state index is 12.5. The minimum atomic E-state index is -3.55. The van der Waals surface area contributed by atoms with Gasteiger partial charge in [-0.3, -0.25) is 5.10 Å². The molecule has 4 N–H and O–H groups in total. The normalized spacial score (nSPS) is 24.6. The summed E-state index contributed by atoms with van der Waals surface area (Å²) in [5.74, 6) is 0.372. The van der Waals surface area contributed by atoms with Crippen molar-refractivity contribution in [2.45, 2.75) is 57.0 Å². The molecule has 0 saturated heterocycles. The van der Waals surface area contributed by atoms with Crippen LogP contribution in [0.5, 0.6) is 0 Å². The number of hydrogen-bond donors (Lipinski definition) is 3. The van der Waals surface area contributed by atoms with E-state index in [2.05, 4.69) is 21.8 Å². The molecule has 1 saturated carbocycles. The lowest BCUT2D eigenvalue weighted by atomic mass is 9.87. The summed E-state index contributed by atoms with van der Waals surface area (Å²) in [4.78, 5) is 0.216. The minimum absolute atomic E-state index is 0.0127. The van der Waals surface area contributed by atoms with E-state index >= 15 is 0 Å². The van der Waals surface area contributed by atoms with Crippen molar-refractivity contribution in [2.75, 3.05) is 0 Å². The van der Waals surface area contributed by atoms with Crippen LogP contribution in [0.1, 0.15) is 44.0 Å². The second-order valence-corrected chi connectivity index (χ2v) is 6.97. The number of aromatic amines is 1. The monoisotopic (exact) mass is 286 g/mol. The molecule has 0 aromatic carbocycles. The molecular weight excluding hydrogens is 264 g/mol.